The Morgan fingerprint density at radius 1 is 1.00 bits per heavy atom. The van der Waals surface area contributed by atoms with Gasteiger partial charge in [-0.05, 0) is 49.6 Å². The third kappa shape index (κ3) is 3.29. The first-order valence-electron chi connectivity index (χ1n) is 6.77. The molecule has 0 heterocycles. The fraction of sp³-hybridized carbons (Fsp3) is 0.294. The Bertz CT molecular complexity index is 596. The van der Waals surface area contributed by atoms with Crippen LogP contribution in [0.25, 0.3) is 0 Å². The standard InChI is InChI=1S/C17H20FNO/c1-12-8-9-13(2)17(14(12)3)20-11-10-19-16-7-5-4-6-15(16)18/h4-9,19H,10-11H2,1-3H3. The highest BCUT2D eigenvalue weighted by Gasteiger charge is 2.06. The number of benzene rings is 2. The van der Waals surface area contributed by atoms with E-state index in [-0.39, 0.29) is 5.82 Å². The molecular formula is C17H20FNO. The number of aryl methyl sites for hydroxylation is 2. The third-order valence-electron chi connectivity index (χ3n) is 3.41. The number of hydrogen-bond acceptors (Lipinski definition) is 2. The molecule has 0 saturated heterocycles. The van der Waals surface area contributed by atoms with E-state index in [0.29, 0.717) is 18.8 Å². The van der Waals surface area contributed by atoms with Gasteiger partial charge in [-0.2, -0.15) is 0 Å². The fourth-order valence-corrected chi connectivity index (χ4v) is 2.09. The zero-order chi connectivity index (χ0) is 14.5. The number of anilines is 1. The van der Waals surface area contributed by atoms with Crippen LogP contribution >= 0.6 is 0 Å². The third-order valence-corrected chi connectivity index (χ3v) is 3.41. The predicted octanol–water partition coefficient (Wildman–Crippen LogP) is 4.24. The predicted molar refractivity (Wildman–Crippen MR) is 81.0 cm³/mol. The molecule has 0 unspecified atom stereocenters. The van der Waals surface area contributed by atoms with Gasteiger partial charge in [-0.15, -0.1) is 0 Å². The molecule has 0 aromatic heterocycles. The molecular weight excluding hydrogens is 253 g/mol. The molecule has 0 fully saturated rings. The maximum absolute atomic E-state index is 13.4. The van der Waals surface area contributed by atoms with Crippen LogP contribution in [0.1, 0.15) is 16.7 Å². The normalized spacial score (nSPS) is 10.4. The van der Waals surface area contributed by atoms with E-state index < -0.39 is 0 Å². The van der Waals surface area contributed by atoms with Crippen LogP contribution < -0.4 is 10.1 Å². The van der Waals surface area contributed by atoms with Gasteiger partial charge in [0.05, 0.1) is 5.69 Å². The van der Waals surface area contributed by atoms with Crippen LogP contribution in [0.5, 0.6) is 5.75 Å². The summed E-state index contributed by atoms with van der Waals surface area (Å²) in [6.07, 6.45) is 0. The number of halogens is 1. The molecule has 2 aromatic rings. The molecule has 1 N–H and O–H groups in total. The first kappa shape index (κ1) is 14.4. The maximum Gasteiger partial charge on any atom is 0.146 e. The second kappa shape index (κ2) is 6.42. The molecule has 0 radical (unpaired) electrons. The van der Waals surface area contributed by atoms with Crippen molar-refractivity contribution in [3.05, 3.63) is 58.9 Å². The molecule has 2 nitrogen and oxygen atoms in total. The van der Waals surface area contributed by atoms with Crippen molar-refractivity contribution in [1.82, 2.24) is 0 Å². The van der Waals surface area contributed by atoms with E-state index in [9.17, 15) is 4.39 Å². The van der Waals surface area contributed by atoms with Gasteiger partial charge in [-0.25, -0.2) is 4.39 Å². The molecule has 2 aromatic carbocycles. The monoisotopic (exact) mass is 273 g/mol. The highest BCUT2D eigenvalue weighted by molar-refractivity contribution is 5.45. The van der Waals surface area contributed by atoms with Crippen LogP contribution in [0, 0.1) is 26.6 Å². The number of ether oxygens (including phenoxy) is 1. The summed E-state index contributed by atoms with van der Waals surface area (Å²) < 4.78 is 19.2. The quantitative estimate of drug-likeness (QED) is 0.823. The van der Waals surface area contributed by atoms with E-state index in [1.54, 1.807) is 18.2 Å². The Hall–Kier alpha value is -2.03. The van der Waals surface area contributed by atoms with E-state index in [1.807, 2.05) is 6.92 Å². The lowest BCUT2D eigenvalue weighted by Gasteiger charge is -2.14. The summed E-state index contributed by atoms with van der Waals surface area (Å²) in [7, 11) is 0. The van der Waals surface area contributed by atoms with Crippen LogP contribution in [0.3, 0.4) is 0 Å². The van der Waals surface area contributed by atoms with Crippen molar-refractivity contribution < 1.29 is 9.13 Å². The van der Waals surface area contributed by atoms with Gasteiger partial charge in [0.2, 0.25) is 0 Å². The SMILES string of the molecule is Cc1ccc(C)c(OCCNc2ccccc2F)c1C. The molecule has 3 heteroatoms. The molecule has 2 rings (SSSR count). The Morgan fingerprint density at radius 3 is 2.45 bits per heavy atom. The van der Waals surface area contributed by atoms with E-state index in [2.05, 4.69) is 31.3 Å². The summed E-state index contributed by atoms with van der Waals surface area (Å²) in [5.74, 6) is 0.691. The lowest BCUT2D eigenvalue weighted by Crippen LogP contribution is -2.13. The molecule has 0 atom stereocenters. The Labute approximate surface area is 119 Å². The van der Waals surface area contributed by atoms with Gasteiger partial charge in [0.25, 0.3) is 0 Å². The van der Waals surface area contributed by atoms with E-state index in [1.165, 1.54) is 11.6 Å². The average Bonchev–Trinajstić information content (AvgIpc) is 2.44. The highest BCUT2D eigenvalue weighted by atomic mass is 19.1. The zero-order valence-corrected chi connectivity index (χ0v) is 12.2. The summed E-state index contributed by atoms with van der Waals surface area (Å²) in [6.45, 7) is 7.22. The summed E-state index contributed by atoms with van der Waals surface area (Å²) in [5, 5.41) is 3.04. The maximum atomic E-state index is 13.4. The molecule has 106 valence electrons. The summed E-state index contributed by atoms with van der Waals surface area (Å²) >= 11 is 0. The van der Waals surface area contributed by atoms with Crippen molar-refractivity contribution in [2.75, 3.05) is 18.5 Å². The lowest BCUT2D eigenvalue weighted by molar-refractivity contribution is 0.328. The number of nitrogens with one attached hydrogen (secondary N) is 1. The van der Waals surface area contributed by atoms with Crippen molar-refractivity contribution in [2.24, 2.45) is 0 Å². The molecule has 0 saturated carbocycles. The second-order valence-electron chi connectivity index (χ2n) is 4.91. The minimum absolute atomic E-state index is 0.240. The second-order valence-corrected chi connectivity index (χ2v) is 4.91. The van der Waals surface area contributed by atoms with E-state index >= 15 is 0 Å². The van der Waals surface area contributed by atoms with Gasteiger partial charge in [-0.1, -0.05) is 24.3 Å². The minimum Gasteiger partial charge on any atom is -0.491 e. The molecule has 20 heavy (non-hydrogen) atoms. The van der Waals surface area contributed by atoms with Crippen LogP contribution in [0.2, 0.25) is 0 Å². The van der Waals surface area contributed by atoms with Crippen LogP contribution in [0.4, 0.5) is 10.1 Å². The molecule has 0 amide bonds. The van der Waals surface area contributed by atoms with Crippen LogP contribution in [-0.2, 0) is 0 Å². The molecule has 0 bridgehead atoms. The Morgan fingerprint density at radius 2 is 1.70 bits per heavy atom. The largest absolute Gasteiger partial charge is 0.491 e. The summed E-state index contributed by atoms with van der Waals surface area (Å²) in [4.78, 5) is 0. The van der Waals surface area contributed by atoms with Crippen LogP contribution in [-0.4, -0.2) is 13.2 Å². The van der Waals surface area contributed by atoms with Gasteiger partial charge in [0.1, 0.15) is 18.2 Å². The average molecular weight is 273 g/mol. The molecule has 0 aliphatic rings. The first-order valence-corrected chi connectivity index (χ1v) is 6.77. The molecule has 0 aliphatic carbocycles. The number of para-hydroxylation sites is 1. The summed E-state index contributed by atoms with van der Waals surface area (Å²) in [5.41, 5.74) is 4.01. The van der Waals surface area contributed by atoms with Crippen molar-refractivity contribution in [3.63, 3.8) is 0 Å². The van der Waals surface area contributed by atoms with Gasteiger partial charge in [0, 0.05) is 6.54 Å². The first-order chi connectivity index (χ1) is 9.59. The van der Waals surface area contributed by atoms with E-state index in [0.717, 1.165) is 16.9 Å². The zero-order valence-electron chi connectivity index (χ0n) is 12.2. The van der Waals surface area contributed by atoms with Crippen molar-refractivity contribution >= 4 is 5.69 Å². The van der Waals surface area contributed by atoms with Gasteiger partial charge >= 0.3 is 0 Å². The summed E-state index contributed by atoms with van der Waals surface area (Å²) in [6, 6.07) is 10.8. The fourth-order valence-electron chi connectivity index (χ4n) is 2.09. The Kier molecular flexibility index (Phi) is 4.61. The Balaban J connectivity index is 1.91. The molecule has 0 aliphatic heterocycles. The van der Waals surface area contributed by atoms with Crippen molar-refractivity contribution in [2.45, 2.75) is 20.8 Å². The van der Waals surface area contributed by atoms with Crippen molar-refractivity contribution in [3.8, 4) is 5.75 Å². The van der Waals surface area contributed by atoms with Crippen molar-refractivity contribution in [1.29, 1.82) is 0 Å². The molecule has 0 spiro atoms. The van der Waals surface area contributed by atoms with Gasteiger partial charge in [0.15, 0.2) is 0 Å². The van der Waals surface area contributed by atoms with E-state index in [4.69, 9.17) is 4.74 Å². The van der Waals surface area contributed by atoms with Gasteiger partial charge in [-0.3, -0.25) is 0 Å². The van der Waals surface area contributed by atoms with Crippen LogP contribution in [0.15, 0.2) is 36.4 Å². The number of rotatable bonds is 5. The minimum atomic E-state index is -0.240. The lowest BCUT2D eigenvalue weighted by atomic mass is 10.1. The highest BCUT2D eigenvalue weighted by Crippen LogP contribution is 2.25. The van der Waals surface area contributed by atoms with Gasteiger partial charge < -0.3 is 10.1 Å². The smallest absolute Gasteiger partial charge is 0.146 e. The number of hydrogen-bond donors (Lipinski definition) is 1. The topological polar surface area (TPSA) is 21.3 Å².